The van der Waals surface area contributed by atoms with Crippen molar-refractivity contribution in [1.29, 1.82) is 0 Å². The van der Waals surface area contributed by atoms with Gasteiger partial charge in [0.25, 0.3) is 0 Å². The largest absolute Gasteiger partial charge is 0.354 e. The van der Waals surface area contributed by atoms with Gasteiger partial charge in [-0.15, -0.1) is 0 Å². The molecule has 0 unspecified atom stereocenters. The van der Waals surface area contributed by atoms with E-state index in [1.807, 2.05) is 0 Å². The second-order valence-corrected chi connectivity index (χ2v) is 8.67. The zero-order valence-electron chi connectivity index (χ0n) is 17.8. The molecular weight excluding hydrogens is 386 g/mol. The van der Waals surface area contributed by atoms with Crippen LogP contribution in [0.3, 0.4) is 0 Å². The van der Waals surface area contributed by atoms with Gasteiger partial charge in [-0.25, -0.2) is 0 Å². The third kappa shape index (κ3) is 2.28. The molecule has 0 spiro atoms. The standard InChI is InChI=1S/C31H21N/c1-19-18-27-24-14-5-4-12-22(24)20-10-2-3-11-21(20)23-13-6-7-15-25(23)29(27)30-26-16-8-9-17-28(26)32-31(19)30/h2-18,32H,1H3. The molecule has 6 aromatic rings. The number of rotatable bonds is 0. The van der Waals surface area contributed by atoms with Gasteiger partial charge in [-0.3, -0.25) is 0 Å². The zero-order valence-corrected chi connectivity index (χ0v) is 17.8. The smallest absolute Gasteiger partial charge is 0.0501 e. The summed E-state index contributed by atoms with van der Waals surface area (Å²) in [5.41, 5.74) is 14.0. The van der Waals surface area contributed by atoms with Crippen molar-refractivity contribution < 1.29 is 0 Å². The summed E-state index contributed by atoms with van der Waals surface area (Å²) in [7, 11) is 0. The average Bonchev–Trinajstić information content (AvgIpc) is 3.24. The number of para-hydroxylation sites is 1. The van der Waals surface area contributed by atoms with Crippen molar-refractivity contribution in [2.45, 2.75) is 6.92 Å². The van der Waals surface area contributed by atoms with Crippen LogP contribution >= 0.6 is 0 Å². The van der Waals surface area contributed by atoms with Crippen LogP contribution in [-0.4, -0.2) is 4.98 Å². The van der Waals surface area contributed by atoms with E-state index in [1.54, 1.807) is 0 Å². The fourth-order valence-corrected chi connectivity index (χ4v) is 5.53. The van der Waals surface area contributed by atoms with Crippen LogP contribution in [-0.2, 0) is 0 Å². The summed E-state index contributed by atoms with van der Waals surface area (Å²) in [6, 6.07) is 37.6. The molecule has 1 heterocycles. The summed E-state index contributed by atoms with van der Waals surface area (Å²) in [6.45, 7) is 2.22. The molecule has 1 nitrogen and oxygen atoms in total. The van der Waals surface area contributed by atoms with Crippen LogP contribution in [0.25, 0.3) is 66.3 Å². The quantitative estimate of drug-likeness (QED) is 0.259. The summed E-state index contributed by atoms with van der Waals surface area (Å²) in [6.07, 6.45) is 0. The van der Waals surface area contributed by atoms with Crippen LogP contribution in [0, 0.1) is 6.92 Å². The molecule has 1 aromatic heterocycles. The minimum Gasteiger partial charge on any atom is -0.354 e. The molecule has 0 saturated heterocycles. The van der Waals surface area contributed by atoms with Crippen LogP contribution in [0.2, 0.25) is 0 Å². The van der Waals surface area contributed by atoms with Crippen molar-refractivity contribution in [3.63, 3.8) is 0 Å². The first-order chi connectivity index (χ1) is 15.8. The van der Waals surface area contributed by atoms with Crippen LogP contribution in [0.5, 0.6) is 0 Å². The number of fused-ring (bicyclic) bond motifs is 12. The van der Waals surface area contributed by atoms with Crippen molar-refractivity contribution >= 4 is 21.8 Å². The highest BCUT2D eigenvalue weighted by Gasteiger charge is 2.25. The van der Waals surface area contributed by atoms with Crippen molar-refractivity contribution in [1.82, 2.24) is 4.98 Å². The van der Waals surface area contributed by atoms with Gasteiger partial charge in [0.15, 0.2) is 0 Å². The molecule has 0 atom stereocenters. The molecule has 1 aliphatic carbocycles. The SMILES string of the molecule is Cc1cc2c(c3c1[nH]c1ccccc13)-c1ccccc1-c1ccccc1-c1ccccc1-2. The van der Waals surface area contributed by atoms with Gasteiger partial charge in [-0.05, 0) is 63.6 Å². The van der Waals surface area contributed by atoms with Crippen LogP contribution in [0.1, 0.15) is 5.56 Å². The minimum atomic E-state index is 1.19. The van der Waals surface area contributed by atoms with Gasteiger partial charge in [0.1, 0.15) is 0 Å². The maximum Gasteiger partial charge on any atom is 0.0501 e. The number of hydrogen-bond donors (Lipinski definition) is 1. The molecular formula is C31H21N. The topological polar surface area (TPSA) is 15.8 Å². The third-order valence-corrected chi connectivity index (χ3v) is 6.90. The molecule has 32 heavy (non-hydrogen) atoms. The average molecular weight is 408 g/mol. The zero-order chi connectivity index (χ0) is 21.2. The molecule has 0 aliphatic heterocycles. The molecule has 0 amide bonds. The lowest BCUT2D eigenvalue weighted by Gasteiger charge is -2.24. The molecule has 0 radical (unpaired) electrons. The lowest BCUT2D eigenvalue weighted by Crippen LogP contribution is -1.98. The van der Waals surface area contributed by atoms with Gasteiger partial charge in [-0.2, -0.15) is 0 Å². The first-order valence-corrected chi connectivity index (χ1v) is 11.1. The normalized spacial score (nSPS) is 11.9. The lowest BCUT2D eigenvalue weighted by atomic mass is 9.79. The Morgan fingerprint density at radius 1 is 0.500 bits per heavy atom. The summed E-state index contributed by atoms with van der Waals surface area (Å²) >= 11 is 0. The van der Waals surface area contributed by atoms with Gasteiger partial charge in [0, 0.05) is 21.9 Å². The number of aryl methyl sites for hydroxylation is 1. The van der Waals surface area contributed by atoms with Crippen molar-refractivity contribution in [2.24, 2.45) is 0 Å². The van der Waals surface area contributed by atoms with E-state index >= 15 is 0 Å². The van der Waals surface area contributed by atoms with E-state index in [-0.39, 0.29) is 0 Å². The predicted molar refractivity (Wildman–Crippen MR) is 136 cm³/mol. The summed E-state index contributed by atoms with van der Waals surface area (Å²) < 4.78 is 0. The molecule has 0 saturated carbocycles. The summed E-state index contributed by atoms with van der Waals surface area (Å²) in [4.78, 5) is 3.71. The maximum absolute atomic E-state index is 3.71. The van der Waals surface area contributed by atoms with E-state index in [1.165, 1.54) is 71.9 Å². The van der Waals surface area contributed by atoms with Gasteiger partial charge in [0.05, 0.1) is 5.52 Å². The molecule has 150 valence electrons. The van der Waals surface area contributed by atoms with Crippen molar-refractivity contribution in [3.8, 4) is 44.5 Å². The lowest BCUT2D eigenvalue weighted by molar-refractivity contribution is 1.44. The van der Waals surface area contributed by atoms with Crippen LogP contribution in [0.4, 0.5) is 0 Å². The van der Waals surface area contributed by atoms with E-state index in [2.05, 4.69) is 115 Å². The number of hydrogen-bond acceptors (Lipinski definition) is 0. The molecule has 1 aliphatic rings. The number of aromatic amines is 1. The van der Waals surface area contributed by atoms with E-state index in [0.29, 0.717) is 0 Å². The molecule has 7 rings (SSSR count). The highest BCUT2D eigenvalue weighted by molar-refractivity contribution is 6.21. The van der Waals surface area contributed by atoms with Gasteiger partial charge in [-0.1, -0.05) is 91.0 Å². The minimum absolute atomic E-state index is 1.19. The van der Waals surface area contributed by atoms with Crippen molar-refractivity contribution in [3.05, 3.63) is 109 Å². The monoisotopic (exact) mass is 407 g/mol. The first-order valence-electron chi connectivity index (χ1n) is 11.1. The second kappa shape index (κ2) is 6.45. The predicted octanol–water partition coefficient (Wildman–Crippen LogP) is 8.61. The van der Waals surface area contributed by atoms with Gasteiger partial charge in [0.2, 0.25) is 0 Å². The number of H-pyrrole nitrogens is 1. The maximum atomic E-state index is 3.71. The Kier molecular flexibility index (Phi) is 3.54. The Hall–Kier alpha value is -4.10. The molecule has 1 N–H and O–H groups in total. The fraction of sp³-hybridized carbons (Fsp3) is 0.0323. The van der Waals surface area contributed by atoms with E-state index in [4.69, 9.17) is 0 Å². The molecule has 1 heteroatoms. The molecule has 5 aromatic carbocycles. The van der Waals surface area contributed by atoms with Gasteiger partial charge >= 0.3 is 0 Å². The highest BCUT2D eigenvalue weighted by Crippen LogP contribution is 2.51. The Balaban J connectivity index is 1.78. The Morgan fingerprint density at radius 2 is 0.969 bits per heavy atom. The van der Waals surface area contributed by atoms with Gasteiger partial charge < -0.3 is 4.98 Å². The summed E-state index contributed by atoms with van der Waals surface area (Å²) in [5.74, 6) is 0. The Morgan fingerprint density at radius 3 is 1.59 bits per heavy atom. The Labute approximate surface area is 187 Å². The number of aromatic nitrogens is 1. The van der Waals surface area contributed by atoms with Crippen molar-refractivity contribution in [2.75, 3.05) is 0 Å². The fourth-order valence-electron chi connectivity index (χ4n) is 5.53. The van der Waals surface area contributed by atoms with E-state index in [0.717, 1.165) is 0 Å². The highest BCUT2D eigenvalue weighted by atomic mass is 14.7. The molecule has 0 bridgehead atoms. The molecule has 0 fully saturated rings. The number of benzene rings is 5. The van der Waals surface area contributed by atoms with E-state index in [9.17, 15) is 0 Å². The second-order valence-electron chi connectivity index (χ2n) is 8.67. The van der Waals surface area contributed by atoms with Crippen LogP contribution in [0.15, 0.2) is 103 Å². The third-order valence-electron chi connectivity index (χ3n) is 6.90. The Bertz CT molecular complexity index is 1680. The van der Waals surface area contributed by atoms with E-state index < -0.39 is 0 Å². The summed E-state index contributed by atoms with van der Waals surface area (Å²) in [5, 5.41) is 2.60. The first kappa shape index (κ1) is 17.6. The van der Waals surface area contributed by atoms with Crippen LogP contribution < -0.4 is 0 Å². The number of nitrogens with one attached hydrogen (secondary N) is 1.